The highest BCUT2D eigenvalue weighted by molar-refractivity contribution is 5.94. The SMILES string of the molecule is CC1(C(=O)O)CCN(C(=O)c2cc(-c3ccccc3)n[nH]2)C1. The third kappa shape index (κ3) is 2.47. The fourth-order valence-electron chi connectivity index (χ4n) is 2.67. The third-order valence-corrected chi connectivity index (χ3v) is 4.15. The van der Waals surface area contributed by atoms with Gasteiger partial charge < -0.3 is 10.0 Å². The normalized spacial score (nSPS) is 21.0. The van der Waals surface area contributed by atoms with Crippen molar-refractivity contribution in [2.45, 2.75) is 13.3 Å². The number of aliphatic carboxylic acids is 1. The number of amides is 1. The van der Waals surface area contributed by atoms with Crippen molar-refractivity contribution >= 4 is 11.9 Å². The monoisotopic (exact) mass is 299 g/mol. The molecule has 1 aliphatic rings. The summed E-state index contributed by atoms with van der Waals surface area (Å²) in [6, 6.07) is 11.3. The lowest BCUT2D eigenvalue weighted by Crippen LogP contribution is -2.35. The van der Waals surface area contributed by atoms with Crippen molar-refractivity contribution < 1.29 is 14.7 Å². The van der Waals surface area contributed by atoms with Crippen molar-refractivity contribution in [1.82, 2.24) is 15.1 Å². The molecule has 0 radical (unpaired) electrons. The minimum Gasteiger partial charge on any atom is -0.481 e. The van der Waals surface area contributed by atoms with E-state index in [1.807, 2.05) is 30.3 Å². The highest BCUT2D eigenvalue weighted by Crippen LogP contribution is 2.31. The Morgan fingerprint density at radius 1 is 1.32 bits per heavy atom. The maximum atomic E-state index is 12.5. The van der Waals surface area contributed by atoms with Crippen LogP contribution in [-0.4, -0.2) is 45.2 Å². The molecule has 6 heteroatoms. The van der Waals surface area contributed by atoms with Crippen molar-refractivity contribution in [3.8, 4) is 11.3 Å². The maximum absolute atomic E-state index is 12.5. The van der Waals surface area contributed by atoms with Gasteiger partial charge in [-0.1, -0.05) is 30.3 Å². The van der Waals surface area contributed by atoms with E-state index < -0.39 is 11.4 Å². The number of carbonyl (C=O) groups is 2. The molecule has 1 amide bonds. The first-order valence-electron chi connectivity index (χ1n) is 7.13. The molecule has 1 aliphatic heterocycles. The first-order chi connectivity index (χ1) is 10.5. The van der Waals surface area contributed by atoms with Crippen LogP contribution in [0.1, 0.15) is 23.8 Å². The van der Waals surface area contributed by atoms with Gasteiger partial charge in [-0.15, -0.1) is 0 Å². The number of carboxylic acids is 1. The van der Waals surface area contributed by atoms with Crippen molar-refractivity contribution in [3.05, 3.63) is 42.1 Å². The van der Waals surface area contributed by atoms with Crippen LogP contribution in [-0.2, 0) is 4.79 Å². The van der Waals surface area contributed by atoms with E-state index >= 15 is 0 Å². The minimum atomic E-state index is -0.864. The average Bonchev–Trinajstić information content (AvgIpc) is 3.15. The summed E-state index contributed by atoms with van der Waals surface area (Å²) in [6.07, 6.45) is 0.466. The number of likely N-dealkylation sites (tertiary alicyclic amines) is 1. The van der Waals surface area contributed by atoms with E-state index in [0.29, 0.717) is 24.4 Å². The van der Waals surface area contributed by atoms with Crippen LogP contribution in [0, 0.1) is 5.41 Å². The van der Waals surface area contributed by atoms with E-state index in [2.05, 4.69) is 10.2 Å². The number of carboxylic acid groups (broad SMARTS) is 1. The summed E-state index contributed by atoms with van der Waals surface area (Å²) in [5, 5.41) is 16.1. The molecule has 1 aromatic carbocycles. The Kier molecular flexibility index (Phi) is 3.44. The number of nitrogens with one attached hydrogen (secondary N) is 1. The van der Waals surface area contributed by atoms with E-state index in [4.69, 9.17) is 0 Å². The van der Waals surface area contributed by atoms with E-state index in [0.717, 1.165) is 5.56 Å². The Morgan fingerprint density at radius 2 is 2.05 bits per heavy atom. The molecule has 0 saturated carbocycles. The van der Waals surface area contributed by atoms with Crippen LogP contribution in [0.4, 0.5) is 0 Å². The van der Waals surface area contributed by atoms with Crippen LogP contribution in [0.25, 0.3) is 11.3 Å². The molecule has 2 heterocycles. The number of rotatable bonds is 3. The van der Waals surface area contributed by atoms with Gasteiger partial charge in [0.1, 0.15) is 5.69 Å². The second-order valence-electron chi connectivity index (χ2n) is 5.88. The minimum absolute atomic E-state index is 0.209. The Bertz CT molecular complexity index is 710. The lowest BCUT2D eigenvalue weighted by atomic mass is 9.90. The maximum Gasteiger partial charge on any atom is 0.311 e. The Balaban J connectivity index is 1.77. The molecular formula is C16H17N3O3. The zero-order valence-electron chi connectivity index (χ0n) is 12.2. The molecule has 0 bridgehead atoms. The molecule has 2 aromatic rings. The Hall–Kier alpha value is -2.63. The second kappa shape index (κ2) is 5.29. The standard InChI is InChI=1S/C16H17N3O3/c1-16(15(21)22)7-8-19(10-16)14(20)13-9-12(17-18-13)11-5-3-2-4-6-11/h2-6,9H,7-8,10H2,1H3,(H,17,18)(H,21,22). The molecule has 1 atom stereocenters. The van der Waals surface area contributed by atoms with Gasteiger partial charge >= 0.3 is 5.97 Å². The molecule has 1 unspecified atom stereocenters. The van der Waals surface area contributed by atoms with Crippen LogP contribution < -0.4 is 0 Å². The van der Waals surface area contributed by atoms with Crippen molar-refractivity contribution in [2.24, 2.45) is 5.41 Å². The zero-order chi connectivity index (χ0) is 15.7. The topological polar surface area (TPSA) is 86.3 Å². The summed E-state index contributed by atoms with van der Waals surface area (Å²) in [4.78, 5) is 25.3. The number of hydrogen-bond donors (Lipinski definition) is 2. The van der Waals surface area contributed by atoms with E-state index in [1.54, 1.807) is 17.9 Å². The molecule has 6 nitrogen and oxygen atoms in total. The van der Waals surface area contributed by atoms with Gasteiger partial charge in [0.25, 0.3) is 5.91 Å². The van der Waals surface area contributed by atoms with Crippen LogP contribution >= 0.6 is 0 Å². The number of H-pyrrole nitrogens is 1. The van der Waals surface area contributed by atoms with E-state index in [-0.39, 0.29) is 12.5 Å². The third-order valence-electron chi connectivity index (χ3n) is 4.15. The van der Waals surface area contributed by atoms with Crippen LogP contribution in [0.5, 0.6) is 0 Å². The first kappa shape index (κ1) is 14.3. The zero-order valence-corrected chi connectivity index (χ0v) is 12.2. The van der Waals surface area contributed by atoms with Gasteiger partial charge in [-0.05, 0) is 19.4 Å². The van der Waals surface area contributed by atoms with Gasteiger partial charge in [0.15, 0.2) is 0 Å². The van der Waals surface area contributed by atoms with Gasteiger partial charge in [0.05, 0.1) is 11.1 Å². The van der Waals surface area contributed by atoms with Crippen molar-refractivity contribution in [1.29, 1.82) is 0 Å². The molecule has 1 fully saturated rings. The smallest absolute Gasteiger partial charge is 0.311 e. The molecular weight excluding hydrogens is 282 g/mol. The van der Waals surface area contributed by atoms with Crippen molar-refractivity contribution in [3.63, 3.8) is 0 Å². The highest BCUT2D eigenvalue weighted by atomic mass is 16.4. The van der Waals surface area contributed by atoms with Gasteiger partial charge in [0.2, 0.25) is 0 Å². The molecule has 22 heavy (non-hydrogen) atoms. The number of hydrogen-bond acceptors (Lipinski definition) is 3. The molecule has 2 N–H and O–H groups in total. The largest absolute Gasteiger partial charge is 0.481 e. The Labute approximate surface area is 127 Å². The second-order valence-corrected chi connectivity index (χ2v) is 5.88. The number of benzene rings is 1. The highest BCUT2D eigenvalue weighted by Gasteiger charge is 2.42. The lowest BCUT2D eigenvalue weighted by molar-refractivity contribution is -0.147. The number of aromatic nitrogens is 2. The van der Waals surface area contributed by atoms with Crippen LogP contribution in [0.15, 0.2) is 36.4 Å². The predicted octanol–water partition coefficient (Wildman–Crippen LogP) is 2.01. The number of nitrogens with zero attached hydrogens (tertiary/aromatic N) is 2. The predicted molar refractivity (Wildman–Crippen MR) is 80.3 cm³/mol. The number of carbonyl (C=O) groups excluding carboxylic acids is 1. The van der Waals surface area contributed by atoms with Crippen LogP contribution in [0.3, 0.4) is 0 Å². The van der Waals surface area contributed by atoms with Gasteiger partial charge in [-0.25, -0.2) is 0 Å². The number of aromatic amines is 1. The van der Waals surface area contributed by atoms with Gasteiger partial charge in [-0.3, -0.25) is 14.7 Å². The molecule has 3 rings (SSSR count). The average molecular weight is 299 g/mol. The molecule has 0 spiro atoms. The van der Waals surface area contributed by atoms with E-state index in [9.17, 15) is 14.7 Å². The fraction of sp³-hybridized carbons (Fsp3) is 0.312. The van der Waals surface area contributed by atoms with E-state index in [1.165, 1.54) is 0 Å². The van der Waals surface area contributed by atoms with Crippen molar-refractivity contribution in [2.75, 3.05) is 13.1 Å². The molecule has 114 valence electrons. The summed E-state index contributed by atoms with van der Waals surface area (Å²) in [5.74, 6) is -1.07. The molecule has 1 aromatic heterocycles. The summed E-state index contributed by atoms with van der Waals surface area (Å²) in [6.45, 7) is 2.34. The quantitative estimate of drug-likeness (QED) is 0.907. The lowest BCUT2D eigenvalue weighted by Gasteiger charge is -2.19. The van der Waals surface area contributed by atoms with Gasteiger partial charge in [-0.2, -0.15) is 5.10 Å². The first-order valence-corrected chi connectivity index (χ1v) is 7.13. The summed E-state index contributed by atoms with van der Waals surface area (Å²) in [5.41, 5.74) is 1.14. The Morgan fingerprint density at radius 3 is 2.68 bits per heavy atom. The van der Waals surface area contributed by atoms with Gasteiger partial charge in [0, 0.05) is 18.7 Å². The summed E-state index contributed by atoms with van der Waals surface area (Å²) >= 11 is 0. The van der Waals surface area contributed by atoms with Crippen LogP contribution in [0.2, 0.25) is 0 Å². The molecule has 0 aliphatic carbocycles. The summed E-state index contributed by atoms with van der Waals surface area (Å²) < 4.78 is 0. The fourth-order valence-corrected chi connectivity index (χ4v) is 2.67. The molecule has 1 saturated heterocycles. The summed E-state index contributed by atoms with van der Waals surface area (Å²) in [7, 11) is 0.